The van der Waals surface area contributed by atoms with Gasteiger partial charge in [-0.25, -0.2) is 0 Å². The zero-order valence-electron chi connectivity index (χ0n) is 8.70. The van der Waals surface area contributed by atoms with Gasteiger partial charge in [-0.2, -0.15) is 0 Å². The van der Waals surface area contributed by atoms with Crippen LogP contribution in [0.2, 0.25) is 0 Å². The second kappa shape index (κ2) is 3.87. The van der Waals surface area contributed by atoms with Crippen molar-refractivity contribution in [1.82, 2.24) is 10.2 Å². The summed E-state index contributed by atoms with van der Waals surface area (Å²) < 4.78 is 0. The minimum atomic E-state index is -0.354. The van der Waals surface area contributed by atoms with E-state index in [1.54, 1.807) is 6.92 Å². The van der Waals surface area contributed by atoms with E-state index in [0.717, 1.165) is 32.0 Å². The molecule has 2 aliphatic heterocycles. The van der Waals surface area contributed by atoms with Crippen molar-refractivity contribution in [3.05, 3.63) is 0 Å². The molecule has 0 aromatic rings. The summed E-state index contributed by atoms with van der Waals surface area (Å²) in [5.74, 6) is 0.879. The van der Waals surface area contributed by atoms with Crippen LogP contribution in [0.4, 0.5) is 0 Å². The van der Waals surface area contributed by atoms with Crippen molar-refractivity contribution in [1.29, 1.82) is 0 Å². The third-order valence-electron chi connectivity index (χ3n) is 3.38. The number of rotatable bonds is 1. The first-order chi connectivity index (χ1) is 6.68. The van der Waals surface area contributed by atoms with Crippen LogP contribution < -0.4 is 11.1 Å². The van der Waals surface area contributed by atoms with Gasteiger partial charge in [0.05, 0.1) is 6.04 Å². The fraction of sp³-hybridized carbons (Fsp3) is 0.900. The molecule has 2 fully saturated rings. The SMILES string of the molecule is C[C@H](N)C(=O)N1CCC2CCNC2C1. The second-order valence-corrected chi connectivity index (χ2v) is 4.47. The minimum Gasteiger partial charge on any atom is -0.340 e. The zero-order valence-corrected chi connectivity index (χ0v) is 8.70. The van der Waals surface area contributed by atoms with Gasteiger partial charge in [-0.05, 0) is 32.2 Å². The average Bonchev–Trinajstić information content (AvgIpc) is 2.62. The maximum absolute atomic E-state index is 11.7. The Balaban J connectivity index is 1.94. The van der Waals surface area contributed by atoms with Crippen LogP contribution in [0.3, 0.4) is 0 Å². The Hall–Kier alpha value is -0.610. The van der Waals surface area contributed by atoms with Crippen LogP contribution in [0, 0.1) is 5.92 Å². The molecular weight excluding hydrogens is 178 g/mol. The summed E-state index contributed by atoms with van der Waals surface area (Å²) in [5.41, 5.74) is 5.59. The predicted molar refractivity (Wildman–Crippen MR) is 54.7 cm³/mol. The Morgan fingerprint density at radius 1 is 1.57 bits per heavy atom. The second-order valence-electron chi connectivity index (χ2n) is 4.47. The van der Waals surface area contributed by atoms with Gasteiger partial charge in [0.25, 0.3) is 0 Å². The highest BCUT2D eigenvalue weighted by Gasteiger charge is 2.34. The summed E-state index contributed by atoms with van der Waals surface area (Å²) >= 11 is 0. The molecule has 0 radical (unpaired) electrons. The third-order valence-corrected chi connectivity index (χ3v) is 3.38. The Kier molecular flexibility index (Phi) is 2.74. The molecule has 4 heteroatoms. The lowest BCUT2D eigenvalue weighted by molar-refractivity contribution is -0.133. The van der Waals surface area contributed by atoms with Crippen molar-refractivity contribution >= 4 is 5.91 Å². The Morgan fingerprint density at radius 3 is 3.07 bits per heavy atom. The molecule has 0 bridgehead atoms. The van der Waals surface area contributed by atoms with E-state index in [-0.39, 0.29) is 11.9 Å². The van der Waals surface area contributed by atoms with Gasteiger partial charge in [0.15, 0.2) is 0 Å². The molecule has 14 heavy (non-hydrogen) atoms. The highest BCUT2D eigenvalue weighted by Crippen LogP contribution is 2.25. The van der Waals surface area contributed by atoms with E-state index >= 15 is 0 Å². The number of nitrogens with zero attached hydrogens (tertiary/aromatic N) is 1. The molecule has 3 N–H and O–H groups in total. The Labute approximate surface area is 84.8 Å². The highest BCUT2D eigenvalue weighted by atomic mass is 16.2. The molecule has 0 aromatic carbocycles. The Morgan fingerprint density at radius 2 is 2.36 bits per heavy atom. The molecule has 80 valence electrons. The number of likely N-dealkylation sites (tertiary alicyclic amines) is 1. The standard InChI is InChI=1S/C10H19N3O/c1-7(11)10(14)13-5-3-8-2-4-12-9(8)6-13/h7-9,12H,2-6,11H2,1H3/t7-,8?,9?/m0/s1. The molecule has 4 nitrogen and oxygen atoms in total. The lowest BCUT2D eigenvalue weighted by atomic mass is 9.92. The maximum Gasteiger partial charge on any atom is 0.239 e. The van der Waals surface area contributed by atoms with E-state index in [4.69, 9.17) is 5.73 Å². The average molecular weight is 197 g/mol. The number of carbonyl (C=O) groups excluding carboxylic acids is 1. The third kappa shape index (κ3) is 1.77. The van der Waals surface area contributed by atoms with Crippen LogP contribution in [0.15, 0.2) is 0 Å². The number of fused-ring (bicyclic) bond motifs is 1. The van der Waals surface area contributed by atoms with Crippen LogP contribution in [0.5, 0.6) is 0 Å². The van der Waals surface area contributed by atoms with Gasteiger partial charge in [0, 0.05) is 19.1 Å². The van der Waals surface area contributed by atoms with Crippen molar-refractivity contribution in [3.8, 4) is 0 Å². The van der Waals surface area contributed by atoms with Crippen molar-refractivity contribution in [3.63, 3.8) is 0 Å². The van der Waals surface area contributed by atoms with E-state index in [9.17, 15) is 4.79 Å². The lowest BCUT2D eigenvalue weighted by Crippen LogP contribution is -2.52. The van der Waals surface area contributed by atoms with Gasteiger partial charge < -0.3 is 16.0 Å². The van der Waals surface area contributed by atoms with E-state index in [2.05, 4.69) is 5.32 Å². The van der Waals surface area contributed by atoms with Gasteiger partial charge in [-0.3, -0.25) is 4.79 Å². The Bertz CT molecular complexity index is 229. The molecule has 0 saturated carbocycles. The van der Waals surface area contributed by atoms with Crippen molar-refractivity contribution in [2.45, 2.75) is 31.8 Å². The first-order valence-corrected chi connectivity index (χ1v) is 5.46. The van der Waals surface area contributed by atoms with Crippen molar-refractivity contribution < 1.29 is 4.79 Å². The van der Waals surface area contributed by atoms with Crippen LogP contribution in [-0.2, 0) is 4.79 Å². The summed E-state index contributed by atoms with van der Waals surface area (Å²) in [7, 11) is 0. The van der Waals surface area contributed by atoms with Gasteiger partial charge in [-0.15, -0.1) is 0 Å². The number of hydrogen-bond donors (Lipinski definition) is 2. The van der Waals surface area contributed by atoms with Crippen molar-refractivity contribution in [2.75, 3.05) is 19.6 Å². The van der Waals surface area contributed by atoms with Gasteiger partial charge >= 0.3 is 0 Å². The smallest absolute Gasteiger partial charge is 0.239 e. The molecule has 2 saturated heterocycles. The van der Waals surface area contributed by atoms with E-state index in [1.807, 2.05) is 4.90 Å². The number of carbonyl (C=O) groups is 1. The number of piperidine rings is 1. The molecule has 2 aliphatic rings. The summed E-state index contributed by atoms with van der Waals surface area (Å²) in [6, 6.07) is 0.166. The molecular formula is C10H19N3O. The number of hydrogen-bond acceptors (Lipinski definition) is 3. The van der Waals surface area contributed by atoms with Crippen LogP contribution in [-0.4, -0.2) is 42.5 Å². The molecule has 0 spiro atoms. The lowest BCUT2D eigenvalue weighted by Gasteiger charge is -2.35. The van der Waals surface area contributed by atoms with E-state index in [1.165, 1.54) is 6.42 Å². The summed E-state index contributed by atoms with van der Waals surface area (Å²) in [6.45, 7) is 4.61. The molecule has 0 aromatic heterocycles. The van der Waals surface area contributed by atoms with E-state index < -0.39 is 0 Å². The summed E-state index contributed by atoms with van der Waals surface area (Å²) in [6.07, 6.45) is 2.40. The first-order valence-electron chi connectivity index (χ1n) is 5.46. The highest BCUT2D eigenvalue weighted by molar-refractivity contribution is 5.81. The fourth-order valence-corrected chi connectivity index (χ4v) is 2.52. The molecule has 2 unspecified atom stereocenters. The van der Waals surface area contributed by atoms with Crippen LogP contribution in [0.25, 0.3) is 0 Å². The quantitative estimate of drug-likeness (QED) is 0.598. The first kappa shape index (κ1) is 9.93. The molecule has 1 amide bonds. The minimum absolute atomic E-state index is 0.0946. The molecule has 3 atom stereocenters. The van der Waals surface area contributed by atoms with E-state index in [0.29, 0.717) is 6.04 Å². The summed E-state index contributed by atoms with van der Waals surface area (Å²) in [4.78, 5) is 13.6. The fourth-order valence-electron chi connectivity index (χ4n) is 2.52. The zero-order chi connectivity index (χ0) is 10.1. The van der Waals surface area contributed by atoms with Crippen LogP contribution in [0.1, 0.15) is 19.8 Å². The monoisotopic (exact) mass is 197 g/mol. The number of amides is 1. The van der Waals surface area contributed by atoms with Crippen LogP contribution >= 0.6 is 0 Å². The maximum atomic E-state index is 11.7. The van der Waals surface area contributed by atoms with Gasteiger partial charge in [0.1, 0.15) is 0 Å². The number of nitrogens with two attached hydrogens (primary N) is 1. The van der Waals surface area contributed by atoms with Gasteiger partial charge in [0.2, 0.25) is 5.91 Å². The molecule has 2 heterocycles. The largest absolute Gasteiger partial charge is 0.340 e. The van der Waals surface area contributed by atoms with Crippen molar-refractivity contribution in [2.24, 2.45) is 11.7 Å². The normalized spacial score (nSPS) is 34.0. The van der Waals surface area contributed by atoms with Gasteiger partial charge in [-0.1, -0.05) is 0 Å². The predicted octanol–water partition coefficient (Wildman–Crippen LogP) is -0.456. The molecule has 0 aliphatic carbocycles. The molecule has 2 rings (SSSR count). The summed E-state index contributed by atoms with van der Waals surface area (Å²) in [5, 5.41) is 3.45. The topological polar surface area (TPSA) is 58.4 Å². The number of nitrogens with one attached hydrogen (secondary N) is 1.